The minimum atomic E-state index is -0.121. The molecule has 0 unspecified atom stereocenters. The predicted molar refractivity (Wildman–Crippen MR) is 45.1 cm³/mol. The Morgan fingerprint density at radius 1 is 1.42 bits per heavy atom. The van der Waals surface area contributed by atoms with Gasteiger partial charge in [-0.15, -0.1) is 5.10 Å². The van der Waals surface area contributed by atoms with Crippen LogP contribution in [-0.4, -0.2) is 21.3 Å². The van der Waals surface area contributed by atoms with Crippen LogP contribution < -0.4 is 0 Å². The number of hydrogen-bond acceptors (Lipinski definition) is 3. The number of aldehydes is 1. The van der Waals surface area contributed by atoms with Crippen molar-refractivity contribution >= 4 is 6.29 Å². The summed E-state index contributed by atoms with van der Waals surface area (Å²) in [4.78, 5) is 10.7. The van der Waals surface area contributed by atoms with Crippen molar-refractivity contribution in [2.45, 2.75) is 26.2 Å². The summed E-state index contributed by atoms with van der Waals surface area (Å²) in [7, 11) is 1.71. The fourth-order valence-electron chi connectivity index (χ4n) is 1.03. The van der Waals surface area contributed by atoms with E-state index in [1.165, 1.54) is 4.68 Å². The Kier molecular flexibility index (Phi) is 2.00. The summed E-state index contributed by atoms with van der Waals surface area (Å²) < 4.78 is 1.49. The summed E-state index contributed by atoms with van der Waals surface area (Å²) >= 11 is 0. The van der Waals surface area contributed by atoms with Crippen molar-refractivity contribution in [3.8, 4) is 0 Å². The molecule has 0 saturated heterocycles. The molecule has 0 fully saturated rings. The highest BCUT2D eigenvalue weighted by atomic mass is 16.1. The van der Waals surface area contributed by atoms with Crippen LogP contribution in [0.5, 0.6) is 0 Å². The van der Waals surface area contributed by atoms with E-state index in [1.54, 1.807) is 7.05 Å². The van der Waals surface area contributed by atoms with Crippen LogP contribution in [0.15, 0.2) is 0 Å². The quantitative estimate of drug-likeness (QED) is 0.584. The minimum Gasteiger partial charge on any atom is -0.296 e. The van der Waals surface area contributed by atoms with Gasteiger partial charge in [0, 0.05) is 12.5 Å². The van der Waals surface area contributed by atoms with E-state index in [-0.39, 0.29) is 5.41 Å². The molecule has 1 aromatic rings. The molecule has 0 amide bonds. The summed E-state index contributed by atoms with van der Waals surface area (Å²) in [5, 5.41) is 7.73. The van der Waals surface area contributed by atoms with Gasteiger partial charge < -0.3 is 0 Å². The highest BCUT2D eigenvalue weighted by molar-refractivity contribution is 5.74. The fourth-order valence-corrected chi connectivity index (χ4v) is 1.03. The maximum atomic E-state index is 10.7. The summed E-state index contributed by atoms with van der Waals surface area (Å²) in [6.07, 6.45) is 0.792. The first kappa shape index (κ1) is 8.90. The average Bonchev–Trinajstić information content (AvgIpc) is 2.29. The monoisotopic (exact) mass is 167 g/mol. The third-order valence-corrected chi connectivity index (χ3v) is 1.69. The molecule has 0 aliphatic carbocycles. The molecular formula is C8H13N3O. The van der Waals surface area contributed by atoms with Gasteiger partial charge >= 0.3 is 0 Å². The second kappa shape index (κ2) is 2.69. The van der Waals surface area contributed by atoms with Gasteiger partial charge in [-0.25, -0.2) is 4.68 Å². The van der Waals surface area contributed by atoms with E-state index in [4.69, 9.17) is 0 Å². The molecule has 0 N–H and O–H groups in total. The lowest BCUT2D eigenvalue weighted by Gasteiger charge is -2.14. The van der Waals surface area contributed by atoms with Gasteiger partial charge in [0.15, 0.2) is 6.29 Å². The number of aryl methyl sites for hydroxylation is 1. The zero-order valence-corrected chi connectivity index (χ0v) is 7.83. The Morgan fingerprint density at radius 2 is 2.00 bits per heavy atom. The van der Waals surface area contributed by atoms with Crippen molar-refractivity contribution in [2.24, 2.45) is 7.05 Å². The van der Waals surface area contributed by atoms with Gasteiger partial charge in [0.2, 0.25) is 0 Å². The van der Waals surface area contributed by atoms with Crippen LogP contribution in [0.3, 0.4) is 0 Å². The number of carbonyl (C=O) groups excluding carboxylic acids is 1. The van der Waals surface area contributed by atoms with E-state index in [0.29, 0.717) is 5.69 Å². The van der Waals surface area contributed by atoms with Crippen LogP contribution in [0, 0.1) is 0 Å². The van der Waals surface area contributed by atoms with Crippen molar-refractivity contribution in [2.75, 3.05) is 0 Å². The Balaban J connectivity index is 3.25. The molecule has 12 heavy (non-hydrogen) atoms. The molecule has 1 heterocycles. The maximum Gasteiger partial charge on any atom is 0.170 e. The van der Waals surface area contributed by atoms with Crippen molar-refractivity contribution < 1.29 is 4.79 Å². The zero-order chi connectivity index (χ0) is 9.35. The number of rotatable bonds is 1. The third kappa shape index (κ3) is 1.37. The summed E-state index contributed by atoms with van der Waals surface area (Å²) in [5.41, 5.74) is 1.19. The minimum absolute atomic E-state index is 0.121. The lowest BCUT2D eigenvalue weighted by Crippen LogP contribution is -2.15. The lowest BCUT2D eigenvalue weighted by atomic mass is 9.91. The largest absolute Gasteiger partial charge is 0.296 e. The van der Waals surface area contributed by atoms with E-state index in [9.17, 15) is 4.79 Å². The van der Waals surface area contributed by atoms with Crippen molar-refractivity contribution in [3.05, 3.63) is 11.4 Å². The van der Waals surface area contributed by atoms with Crippen molar-refractivity contribution in [1.82, 2.24) is 15.0 Å². The molecule has 66 valence electrons. The van der Waals surface area contributed by atoms with Gasteiger partial charge in [0.25, 0.3) is 0 Å². The van der Waals surface area contributed by atoms with Crippen LogP contribution in [0.2, 0.25) is 0 Å². The first-order chi connectivity index (χ1) is 5.46. The van der Waals surface area contributed by atoms with Gasteiger partial charge in [-0.2, -0.15) is 0 Å². The predicted octanol–water partition coefficient (Wildman–Crippen LogP) is 0.925. The van der Waals surface area contributed by atoms with E-state index >= 15 is 0 Å². The van der Waals surface area contributed by atoms with E-state index in [1.807, 2.05) is 20.8 Å². The first-order valence-corrected chi connectivity index (χ1v) is 3.82. The van der Waals surface area contributed by atoms with Gasteiger partial charge in [-0.3, -0.25) is 4.79 Å². The average molecular weight is 167 g/mol. The topological polar surface area (TPSA) is 47.8 Å². The molecule has 4 heteroatoms. The highest BCUT2D eigenvalue weighted by Gasteiger charge is 2.22. The van der Waals surface area contributed by atoms with Crippen LogP contribution in [0.1, 0.15) is 37.0 Å². The summed E-state index contributed by atoms with van der Waals surface area (Å²) in [6.45, 7) is 6.01. The molecule has 0 aliphatic rings. The standard InChI is InChI=1S/C8H13N3O/c1-8(2,3)7-6(5-12)11(4)10-9-7/h5H,1-4H3. The van der Waals surface area contributed by atoms with Crippen LogP contribution in [0.4, 0.5) is 0 Å². The zero-order valence-electron chi connectivity index (χ0n) is 7.83. The Morgan fingerprint density at radius 3 is 2.33 bits per heavy atom. The van der Waals surface area contributed by atoms with Crippen LogP contribution in [-0.2, 0) is 12.5 Å². The maximum absolute atomic E-state index is 10.7. The second-order valence-corrected chi connectivity index (χ2v) is 3.81. The number of aromatic nitrogens is 3. The van der Waals surface area contributed by atoms with Gasteiger partial charge in [-0.1, -0.05) is 26.0 Å². The number of hydrogen-bond donors (Lipinski definition) is 0. The molecule has 0 saturated carbocycles. The molecule has 4 nitrogen and oxygen atoms in total. The van der Waals surface area contributed by atoms with Gasteiger partial charge in [0.05, 0.1) is 5.69 Å². The molecule has 0 radical (unpaired) electrons. The van der Waals surface area contributed by atoms with E-state index < -0.39 is 0 Å². The lowest BCUT2D eigenvalue weighted by molar-refractivity contribution is 0.111. The Labute approximate surface area is 71.6 Å². The number of carbonyl (C=O) groups is 1. The molecular weight excluding hydrogens is 154 g/mol. The van der Waals surface area contributed by atoms with E-state index in [0.717, 1.165) is 12.0 Å². The van der Waals surface area contributed by atoms with Gasteiger partial charge in [-0.05, 0) is 0 Å². The molecule has 0 aromatic carbocycles. The molecule has 0 aliphatic heterocycles. The van der Waals surface area contributed by atoms with E-state index in [2.05, 4.69) is 10.3 Å². The molecule has 1 rings (SSSR count). The van der Waals surface area contributed by atoms with Crippen molar-refractivity contribution in [1.29, 1.82) is 0 Å². The Bertz CT molecular complexity index is 296. The summed E-state index contributed by atoms with van der Waals surface area (Å²) in [5.74, 6) is 0. The fraction of sp³-hybridized carbons (Fsp3) is 0.625. The van der Waals surface area contributed by atoms with Gasteiger partial charge in [0.1, 0.15) is 5.69 Å². The third-order valence-electron chi connectivity index (χ3n) is 1.69. The molecule has 0 spiro atoms. The second-order valence-electron chi connectivity index (χ2n) is 3.81. The van der Waals surface area contributed by atoms with Crippen LogP contribution >= 0.6 is 0 Å². The van der Waals surface area contributed by atoms with Crippen LogP contribution in [0.25, 0.3) is 0 Å². The highest BCUT2D eigenvalue weighted by Crippen LogP contribution is 2.21. The smallest absolute Gasteiger partial charge is 0.170 e. The molecule has 1 aromatic heterocycles. The number of nitrogens with zero attached hydrogens (tertiary/aromatic N) is 3. The molecule has 0 bridgehead atoms. The normalized spacial score (nSPS) is 11.7. The summed E-state index contributed by atoms with van der Waals surface area (Å²) in [6, 6.07) is 0. The van der Waals surface area contributed by atoms with Crippen molar-refractivity contribution in [3.63, 3.8) is 0 Å². The SMILES string of the molecule is Cn1nnc(C(C)(C)C)c1C=O. The first-order valence-electron chi connectivity index (χ1n) is 3.82. The molecule has 0 atom stereocenters. The Hall–Kier alpha value is -1.19.